The fraction of sp³-hybridized carbons (Fsp3) is 0.0625. The maximum Gasteiger partial charge on any atom is 0.291 e. The number of benzene rings is 1. The summed E-state index contributed by atoms with van der Waals surface area (Å²) in [6.45, 7) is 1.77. The van der Waals surface area contributed by atoms with E-state index in [0.29, 0.717) is 15.8 Å². The number of nitrogens with zero attached hydrogens (tertiary/aromatic N) is 2. The molecule has 8 heteroatoms. The molecule has 0 spiro atoms. The van der Waals surface area contributed by atoms with Gasteiger partial charge >= 0.3 is 0 Å². The van der Waals surface area contributed by atoms with Crippen LogP contribution >= 0.6 is 34.5 Å². The van der Waals surface area contributed by atoms with Gasteiger partial charge in [-0.05, 0) is 42.1 Å². The van der Waals surface area contributed by atoms with Crippen LogP contribution in [0.3, 0.4) is 0 Å². The number of hydrazone groups is 1. The monoisotopic (exact) mass is 378 g/mol. The number of H-pyrrole nitrogens is 1. The molecule has 0 aliphatic heterocycles. The molecule has 2 heterocycles. The zero-order chi connectivity index (χ0) is 17.1. The third kappa shape index (κ3) is 3.67. The van der Waals surface area contributed by atoms with E-state index in [0.717, 1.165) is 16.1 Å². The van der Waals surface area contributed by atoms with Crippen molar-refractivity contribution >= 4 is 46.2 Å². The van der Waals surface area contributed by atoms with Crippen molar-refractivity contribution < 1.29 is 4.79 Å². The largest absolute Gasteiger partial charge is 0.291 e. The Labute approximate surface area is 152 Å². The van der Waals surface area contributed by atoms with Crippen LogP contribution in [0.5, 0.6) is 0 Å². The lowest BCUT2D eigenvalue weighted by molar-refractivity contribution is 0.0950. The first-order chi connectivity index (χ1) is 11.5. The van der Waals surface area contributed by atoms with Crippen LogP contribution in [0.2, 0.25) is 10.0 Å². The van der Waals surface area contributed by atoms with E-state index >= 15 is 0 Å². The van der Waals surface area contributed by atoms with Gasteiger partial charge in [0.1, 0.15) is 0 Å². The molecule has 0 saturated heterocycles. The predicted octanol–water partition coefficient (Wildman–Crippen LogP) is 4.60. The number of thiophene rings is 1. The van der Waals surface area contributed by atoms with Crippen molar-refractivity contribution in [2.45, 2.75) is 6.92 Å². The van der Waals surface area contributed by atoms with Crippen LogP contribution in [-0.4, -0.2) is 21.8 Å². The average molecular weight is 379 g/mol. The molecule has 0 bridgehead atoms. The van der Waals surface area contributed by atoms with Crippen LogP contribution in [0.4, 0.5) is 0 Å². The summed E-state index contributed by atoms with van der Waals surface area (Å²) >= 11 is 13.4. The zero-order valence-electron chi connectivity index (χ0n) is 12.5. The predicted molar refractivity (Wildman–Crippen MR) is 98.0 cm³/mol. The van der Waals surface area contributed by atoms with Gasteiger partial charge < -0.3 is 0 Å². The maximum absolute atomic E-state index is 12.1. The van der Waals surface area contributed by atoms with Crippen molar-refractivity contribution in [1.29, 1.82) is 0 Å². The van der Waals surface area contributed by atoms with Gasteiger partial charge in [-0.3, -0.25) is 9.89 Å². The number of halogens is 2. The minimum atomic E-state index is -0.395. The summed E-state index contributed by atoms with van der Waals surface area (Å²) < 4.78 is 0. The quantitative estimate of drug-likeness (QED) is 0.514. The highest BCUT2D eigenvalue weighted by molar-refractivity contribution is 7.13. The highest BCUT2D eigenvalue weighted by Crippen LogP contribution is 2.23. The lowest BCUT2D eigenvalue weighted by Crippen LogP contribution is -2.19. The van der Waals surface area contributed by atoms with Crippen LogP contribution in [0, 0.1) is 0 Å². The molecule has 24 heavy (non-hydrogen) atoms. The van der Waals surface area contributed by atoms with E-state index < -0.39 is 5.91 Å². The lowest BCUT2D eigenvalue weighted by Gasteiger charge is -2.03. The van der Waals surface area contributed by atoms with Gasteiger partial charge in [0.05, 0.1) is 26.3 Å². The number of carbonyl (C=O) groups excluding carboxylic acids is 1. The third-order valence-electron chi connectivity index (χ3n) is 3.26. The summed E-state index contributed by atoms with van der Waals surface area (Å²) in [5, 5.41) is 13.8. The number of nitrogens with one attached hydrogen (secondary N) is 2. The van der Waals surface area contributed by atoms with Crippen molar-refractivity contribution in [1.82, 2.24) is 15.6 Å². The fourth-order valence-electron chi connectivity index (χ4n) is 1.97. The summed E-state index contributed by atoms with van der Waals surface area (Å²) in [4.78, 5) is 13.2. The van der Waals surface area contributed by atoms with Gasteiger partial charge in [-0.1, -0.05) is 35.3 Å². The minimum absolute atomic E-state index is 0.268. The van der Waals surface area contributed by atoms with Gasteiger partial charge in [0.15, 0.2) is 5.69 Å². The zero-order valence-corrected chi connectivity index (χ0v) is 14.8. The number of aromatic amines is 1. The molecule has 3 aromatic rings. The van der Waals surface area contributed by atoms with E-state index in [9.17, 15) is 4.79 Å². The third-order valence-corrected chi connectivity index (χ3v) is 4.90. The van der Waals surface area contributed by atoms with Crippen molar-refractivity contribution in [3.8, 4) is 10.6 Å². The number of aromatic nitrogens is 2. The summed E-state index contributed by atoms with van der Waals surface area (Å²) in [7, 11) is 0. The molecule has 5 nitrogen and oxygen atoms in total. The Bertz CT molecular complexity index is 903. The summed E-state index contributed by atoms with van der Waals surface area (Å²) in [6.07, 6.45) is 0. The van der Waals surface area contributed by atoms with Crippen LogP contribution in [-0.2, 0) is 0 Å². The highest BCUT2D eigenvalue weighted by Gasteiger charge is 2.11. The molecule has 0 saturated carbocycles. The Morgan fingerprint density at radius 1 is 1.25 bits per heavy atom. The number of amides is 1. The molecule has 0 fully saturated rings. The van der Waals surface area contributed by atoms with Gasteiger partial charge in [-0.25, -0.2) is 5.43 Å². The molecule has 0 atom stereocenters. The van der Waals surface area contributed by atoms with Crippen molar-refractivity contribution in [2.75, 3.05) is 0 Å². The Kier molecular flexibility index (Phi) is 4.99. The summed E-state index contributed by atoms with van der Waals surface area (Å²) in [5.41, 5.74) is 4.92. The van der Waals surface area contributed by atoms with Crippen molar-refractivity contribution in [3.63, 3.8) is 0 Å². The van der Waals surface area contributed by atoms with Gasteiger partial charge in [0.2, 0.25) is 0 Å². The minimum Gasteiger partial charge on any atom is -0.276 e. The van der Waals surface area contributed by atoms with Gasteiger partial charge in [0.25, 0.3) is 5.91 Å². The maximum atomic E-state index is 12.1. The average Bonchev–Trinajstić information content (AvgIpc) is 3.25. The first-order valence-corrected chi connectivity index (χ1v) is 8.57. The molecule has 0 radical (unpaired) electrons. The second-order valence-corrected chi connectivity index (χ2v) is 6.67. The fourth-order valence-corrected chi connectivity index (χ4v) is 2.96. The van der Waals surface area contributed by atoms with Crippen LogP contribution in [0.15, 0.2) is 46.9 Å². The topological polar surface area (TPSA) is 70.1 Å². The molecule has 122 valence electrons. The first kappa shape index (κ1) is 16.7. The molecule has 0 unspecified atom stereocenters. The van der Waals surface area contributed by atoms with Gasteiger partial charge in [0, 0.05) is 0 Å². The van der Waals surface area contributed by atoms with Crippen molar-refractivity contribution in [2.24, 2.45) is 5.10 Å². The molecule has 2 aromatic heterocycles. The standard InChI is InChI=1S/C16H12Cl2N4OS/c1-9(10-4-5-11(17)12(18)7-10)19-22-16(23)14-8-13(20-21-14)15-3-2-6-24-15/h2-8H,1H3,(H,20,21)(H,22,23). The van der Waals surface area contributed by atoms with E-state index in [2.05, 4.69) is 20.7 Å². The summed E-state index contributed by atoms with van der Waals surface area (Å²) in [5.74, 6) is -0.395. The van der Waals surface area contributed by atoms with E-state index in [4.69, 9.17) is 23.2 Å². The van der Waals surface area contributed by atoms with E-state index in [-0.39, 0.29) is 5.69 Å². The summed E-state index contributed by atoms with van der Waals surface area (Å²) in [6, 6.07) is 10.7. The smallest absolute Gasteiger partial charge is 0.276 e. The molecule has 3 rings (SSSR count). The molecule has 1 aromatic carbocycles. The lowest BCUT2D eigenvalue weighted by atomic mass is 10.1. The second-order valence-electron chi connectivity index (χ2n) is 4.91. The highest BCUT2D eigenvalue weighted by atomic mass is 35.5. The number of carbonyl (C=O) groups is 1. The molecular formula is C16H12Cl2N4OS. The Morgan fingerprint density at radius 3 is 2.79 bits per heavy atom. The van der Waals surface area contributed by atoms with E-state index in [1.165, 1.54) is 0 Å². The van der Waals surface area contributed by atoms with Gasteiger partial charge in [-0.2, -0.15) is 10.2 Å². The number of hydrogen-bond acceptors (Lipinski definition) is 4. The van der Waals surface area contributed by atoms with Crippen LogP contribution < -0.4 is 5.43 Å². The number of hydrogen-bond donors (Lipinski definition) is 2. The second kappa shape index (κ2) is 7.17. The normalized spacial score (nSPS) is 11.5. The number of rotatable bonds is 4. The molecule has 2 N–H and O–H groups in total. The van der Waals surface area contributed by atoms with E-state index in [1.54, 1.807) is 42.5 Å². The molecule has 0 aliphatic carbocycles. The van der Waals surface area contributed by atoms with Crippen LogP contribution in [0.25, 0.3) is 10.6 Å². The van der Waals surface area contributed by atoms with E-state index in [1.807, 2.05) is 17.5 Å². The van der Waals surface area contributed by atoms with Crippen molar-refractivity contribution in [3.05, 3.63) is 63.1 Å². The van der Waals surface area contributed by atoms with Crippen LogP contribution in [0.1, 0.15) is 23.0 Å². The molecule has 0 aliphatic rings. The Balaban J connectivity index is 1.71. The first-order valence-electron chi connectivity index (χ1n) is 6.94. The van der Waals surface area contributed by atoms with Gasteiger partial charge in [-0.15, -0.1) is 11.3 Å². The SMILES string of the molecule is CC(=NNC(=O)c1cc(-c2cccs2)[nH]n1)c1ccc(Cl)c(Cl)c1. The molecular weight excluding hydrogens is 367 g/mol. The molecule has 1 amide bonds. The Morgan fingerprint density at radius 2 is 2.08 bits per heavy atom. The Hall–Kier alpha value is -2.15.